The second-order valence-electron chi connectivity index (χ2n) is 4.24. The van der Waals surface area contributed by atoms with Crippen molar-refractivity contribution in [1.82, 2.24) is 0 Å². The Balaban J connectivity index is 2.23. The topological polar surface area (TPSA) is 145 Å². The van der Waals surface area contributed by atoms with E-state index in [1.807, 2.05) is 0 Å². The summed E-state index contributed by atoms with van der Waals surface area (Å²) >= 11 is 0. The number of benzene rings is 2. The molecular weight excluding hydrogens is 310 g/mol. The summed E-state index contributed by atoms with van der Waals surface area (Å²) in [6, 6.07) is 9.66. The first kappa shape index (κ1) is 15.6. The molecule has 23 heavy (non-hydrogen) atoms. The molecule has 11 heteroatoms. The van der Waals surface area contributed by atoms with Gasteiger partial charge in [-0.05, 0) is 24.3 Å². The van der Waals surface area contributed by atoms with Gasteiger partial charge in [-0.1, -0.05) is 0 Å². The Hall–Kier alpha value is -3.76. The quantitative estimate of drug-likeness (QED) is 0.631. The largest absolute Gasteiger partial charge is 0.269 e. The fourth-order valence-electron chi connectivity index (χ4n) is 1.70. The summed E-state index contributed by atoms with van der Waals surface area (Å²) in [6.07, 6.45) is 0. The van der Waals surface area contributed by atoms with Crippen LogP contribution in [-0.2, 0) is 0 Å². The summed E-state index contributed by atoms with van der Waals surface area (Å²) in [7, 11) is 0. The van der Waals surface area contributed by atoms with Crippen molar-refractivity contribution in [2.45, 2.75) is 0 Å². The molecule has 0 heterocycles. The second kappa shape index (κ2) is 6.34. The van der Waals surface area contributed by atoms with Gasteiger partial charge in [-0.2, -0.15) is 0 Å². The van der Waals surface area contributed by atoms with E-state index in [9.17, 15) is 30.3 Å². The number of anilines is 2. The number of hydrogen-bond donors (Lipinski definition) is 1. The van der Waals surface area contributed by atoms with E-state index < -0.39 is 14.9 Å². The van der Waals surface area contributed by atoms with E-state index in [4.69, 9.17) is 0 Å². The maximum absolute atomic E-state index is 11.1. The lowest BCUT2D eigenvalue weighted by atomic mass is 10.3. The van der Waals surface area contributed by atoms with Crippen LogP contribution in [-0.4, -0.2) is 14.9 Å². The number of nitro groups is 3. The molecule has 0 amide bonds. The van der Waals surface area contributed by atoms with Gasteiger partial charge in [0.2, 0.25) is 0 Å². The number of nitrogens with zero attached hydrogens (tertiary/aromatic N) is 4. The zero-order valence-corrected chi connectivity index (χ0v) is 11.4. The van der Waals surface area contributed by atoms with E-state index in [1.165, 1.54) is 36.4 Å². The summed E-state index contributed by atoms with van der Waals surface area (Å²) < 4.78 is 0. The molecule has 11 nitrogen and oxygen atoms in total. The van der Waals surface area contributed by atoms with Crippen LogP contribution in [0.3, 0.4) is 0 Å². The highest BCUT2D eigenvalue weighted by Crippen LogP contribution is 2.22. The van der Waals surface area contributed by atoms with E-state index in [0.29, 0.717) is 5.12 Å². The molecule has 0 aliphatic carbocycles. The van der Waals surface area contributed by atoms with Crippen molar-refractivity contribution in [3.63, 3.8) is 0 Å². The molecule has 1 N–H and O–H groups in total. The molecule has 118 valence electrons. The Bertz CT molecular complexity index is 746. The maximum atomic E-state index is 11.1. The van der Waals surface area contributed by atoms with Crippen molar-refractivity contribution in [2.24, 2.45) is 0 Å². The summed E-state index contributed by atoms with van der Waals surface area (Å²) in [5.41, 5.74) is 2.39. The number of hydrogen-bond acceptors (Lipinski definition) is 7. The van der Waals surface area contributed by atoms with Crippen LogP contribution in [0.25, 0.3) is 0 Å². The highest BCUT2D eigenvalue weighted by Gasteiger charge is 2.19. The Morgan fingerprint density at radius 3 is 1.57 bits per heavy atom. The SMILES string of the molecule is O=[N+]([O-])c1ccc(NN(c2ccc([N+](=O)[O-])cc2)[N+](=O)[O-])cc1. The minimum atomic E-state index is -0.761. The van der Waals surface area contributed by atoms with Crippen molar-refractivity contribution in [2.75, 3.05) is 10.5 Å². The monoisotopic (exact) mass is 319 g/mol. The Kier molecular flexibility index (Phi) is 4.31. The third-order valence-electron chi connectivity index (χ3n) is 2.78. The van der Waals surface area contributed by atoms with Gasteiger partial charge in [0.15, 0.2) is 5.03 Å². The van der Waals surface area contributed by atoms with Gasteiger partial charge in [0, 0.05) is 29.4 Å². The average molecular weight is 319 g/mol. The van der Waals surface area contributed by atoms with E-state index in [-0.39, 0.29) is 22.7 Å². The Morgan fingerprint density at radius 2 is 1.17 bits per heavy atom. The zero-order chi connectivity index (χ0) is 17.0. The van der Waals surface area contributed by atoms with Crippen LogP contribution in [0.5, 0.6) is 0 Å². The van der Waals surface area contributed by atoms with Gasteiger partial charge < -0.3 is 0 Å². The number of rotatable bonds is 6. The van der Waals surface area contributed by atoms with Crippen LogP contribution in [0.15, 0.2) is 48.5 Å². The first-order valence-corrected chi connectivity index (χ1v) is 6.08. The molecule has 0 spiro atoms. The molecule has 0 unspecified atom stereocenters. The second-order valence-corrected chi connectivity index (χ2v) is 4.24. The van der Waals surface area contributed by atoms with Crippen LogP contribution in [0.4, 0.5) is 22.7 Å². The number of nitrogens with one attached hydrogen (secondary N) is 1. The zero-order valence-electron chi connectivity index (χ0n) is 11.4. The van der Waals surface area contributed by atoms with Crippen LogP contribution >= 0.6 is 0 Å². The Morgan fingerprint density at radius 1 is 0.739 bits per heavy atom. The summed E-state index contributed by atoms with van der Waals surface area (Å²) in [6.45, 7) is 0. The van der Waals surface area contributed by atoms with Gasteiger partial charge in [0.25, 0.3) is 11.4 Å². The molecule has 0 saturated carbocycles. The van der Waals surface area contributed by atoms with Gasteiger partial charge in [0.1, 0.15) is 5.69 Å². The lowest BCUT2D eigenvalue weighted by Gasteiger charge is -2.15. The van der Waals surface area contributed by atoms with Crippen LogP contribution in [0.2, 0.25) is 0 Å². The fourth-order valence-corrected chi connectivity index (χ4v) is 1.70. The smallest absolute Gasteiger partial charge is 0.258 e. The van der Waals surface area contributed by atoms with E-state index in [1.54, 1.807) is 0 Å². The summed E-state index contributed by atoms with van der Waals surface area (Å²) in [5.74, 6) is 0. The summed E-state index contributed by atoms with van der Waals surface area (Å²) in [4.78, 5) is 31.1. The molecule has 0 fully saturated rings. The van der Waals surface area contributed by atoms with Crippen LogP contribution < -0.4 is 10.5 Å². The molecule has 0 aliphatic rings. The molecule has 0 aromatic heterocycles. The van der Waals surface area contributed by atoms with E-state index in [0.717, 1.165) is 12.1 Å². The molecule has 2 aromatic rings. The minimum absolute atomic E-state index is 0.0546. The fraction of sp³-hybridized carbons (Fsp3) is 0. The lowest BCUT2D eigenvalue weighted by Crippen LogP contribution is -2.35. The molecule has 0 radical (unpaired) electrons. The predicted molar refractivity (Wildman–Crippen MR) is 79.3 cm³/mol. The molecule has 2 rings (SSSR count). The Labute approximate surface area is 128 Å². The average Bonchev–Trinajstić information content (AvgIpc) is 2.53. The minimum Gasteiger partial charge on any atom is -0.258 e. The van der Waals surface area contributed by atoms with Crippen LogP contribution in [0, 0.1) is 30.3 Å². The van der Waals surface area contributed by atoms with Crippen molar-refractivity contribution in [1.29, 1.82) is 0 Å². The van der Waals surface area contributed by atoms with Gasteiger partial charge in [-0.25, -0.2) is 15.5 Å². The van der Waals surface area contributed by atoms with Crippen molar-refractivity contribution in [3.8, 4) is 0 Å². The molecule has 2 aromatic carbocycles. The van der Waals surface area contributed by atoms with Crippen LogP contribution in [0.1, 0.15) is 0 Å². The van der Waals surface area contributed by atoms with Gasteiger partial charge >= 0.3 is 0 Å². The number of non-ortho nitro benzene ring substituents is 2. The lowest BCUT2D eigenvalue weighted by molar-refractivity contribution is -0.490. The van der Waals surface area contributed by atoms with E-state index in [2.05, 4.69) is 5.43 Å². The van der Waals surface area contributed by atoms with E-state index >= 15 is 0 Å². The first-order chi connectivity index (χ1) is 10.9. The molecule has 0 atom stereocenters. The first-order valence-electron chi connectivity index (χ1n) is 6.08. The standard InChI is InChI=1S/C12H9N5O6/c18-15(19)11-3-1-9(2-4-11)13-14(17(22)23)10-5-7-12(8-6-10)16(20)21/h1-8,13H. The number of nitro benzene ring substituents is 2. The van der Waals surface area contributed by atoms with Gasteiger partial charge in [-0.15, -0.1) is 0 Å². The van der Waals surface area contributed by atoms with Crippen molar-refractivity contribution in [3.05, 3.63) is 78.9 Å². The third kappa shape index (κ3) is 3.66. The molecular formula is C12H9N5O6. The molecule has 0 aliphatic heterocycles. The molecule has 0 saturated heterocycles. The highest BCUT2D eigenvalue weighted by molar-refractivity contribution is 5.56. The van der Waals surface area contributed by atoms with Crippen molar-refractivity contribution < 1.29 is 14.9 Å². The highest BCUT2D eigenvalue weighted by atomic mass is 16.7. The van der Waals surface area contributed by atoms with Gasteiger partial charge in [-0.3, -0.25) is 20.2 Å². The molecule has 0 bridgehead atoms. The van der Waals surface area contributed by atoms with Crippen molar-refractivity contribution >= 4 is 22.7 Å². The summed E-state index contributed by atoms with van der Waals surface area (Å²) in [5, 5.41) is 32.1. The maximum Gasteiger partial charge on any atom is 0.269 e. The third-order valence-corrected chi connectivity index (χ3v) is 2.78. The predicted octanol–water partition coefficient (Wildman–Crippen LogP) is 2.53. The normalized spacial score (nSPS) is 9.91. The number of hydrazine groups is 2. The van der Waals surface area contributed by atoms with Gasteiger partial charge in [0.05, 0.1) is 15.5 Å².